The molecule has 1 aromatic carbocycles. The van der Waals surface area contributed by atoms with E-state index in [1.54, 1.807) is 19.2 Å². The molecule has 1 atom stereocenters. The molecule has 7 nitrogen and oxygen atoms in total. The molecule has 26 heavy (non-hydrogen) atoms. The standard InChI is InChI=1S/C19H25N3O4/c1-19(2)11-13(7-8-26-19)20-18(23)17-9-14(21-22-17)12-25-16-6-4-5-15(10-16)24-3/h4-6,9-10,13H,7-8,11-12H2,1-3H3,(H,20,23)(H,21,22)/t13-/m1/s1. The fourth-order valence-electron chi connectivity index (χ4n) is 3.02. The zero-order valence-electron chi connectivity index (χ0n) is 15.4. The van der Waals surface area contributed by atoms with Crippen molar-refractivity contribution in [1.82, 2.24) is 15.5 Å². The smallest absolute Gasteiger partial charge is 0.271 e. The van der Waals surface area contributed by atoms with Crippen LogP contribution in [0.3, 0.4) is 0 Å². The molecule has 1 aliphatic rings. The molecule has 0 spiro atoms. The van der Waals surface area contributed by atoms with Gasteiger partial charge in [-0.05, 0) is 44.9 Å². The van der Waals surface area contributed by atoms with Crippen molar-refractivity contribution in [1.29, 1.82) is 0 Å². The van der Waals surface area contributed by atoms with Crippen LogP contribution < -0.4 is 14.8 Å². The van der Waals surface area contributed by atoms with Crippen molar-refractivity contribution in [2.24, 2.45) is 0 Å². The highest BCUT2D eigenvalue weighted by Crippen LogP contribution is 2.24. The number of H-pyrrole nitrogens is 1. The molecule has 1 fully saturated rings. The SMILES string of the molecule is COc1cccc(OCc2cc(C(=O)N[C@@H]3CCOC(C)(C)C3)n[nH]2)c1. The van der Waals surface area contributed by atoms with E-state index in [1.165, 1.54) is 0 Å². The second-order valence-electron chi connectivity index (χ2n) is 7.02. The van der Waals surface area contributed by atoms with Gasteiger partial charge in [0.25, 0.3) is 5.91 Å². The summed E-state index contributed by atoms with van der Waals surface area (Å²) < 4.78 is 16.6. The van der Waals surface area contributed by atoms with Crippen LogP contribution in [-0.2, 0) is 11.3 Å². The molecule has 2 N–H and O–H groups in total. The lowest BCUT2D eigenvalue weighted by Crippen LogP contribution is -2.45. The Morgan fingerprint density at radius 1 is 1.38 bits per heavy atom. The van der Waals surface area contributed by atoms with E-state index in [1.807, 2.05) is 32.0 Å². The molecule has 140 valence electrons. The van der Waals surface area contributed by atoms with E-state index >= 15 is 0 Å². The minimum Gasteiger partial charge on any atom is -0.497 e. The molecule has 0 saturated carbocycles. The average molecular weight is 359 g/mol. The van der Waals surface area contributed by atoms with Crippen LogP contribution in [0.1, 0.15) is 42.9 Å². The number of benzene rings is 1. The third-order valence-corrected chi connectivity index (χ3v) is 4.33. The second-order valence-corrected chi connectivity index (χ2v) is 7.02. The zero-order valence-corrected chi connectivity index (χ0v) is 15.4. The van der Waals surface area contributed by atoms with Gasteiger partial charge in [-0.3, -0.25) is 9.89 Å². The molecule has 0 aliphatic carbocycles. The maximum Gasteiger partial charge on any atom is 0.271 e. The topological polar surface area (TPSA) is 85.5 Å². The summed E-state index contributed by atoms with van der Waals surface area (Å²) in [7, 11) is 1.61. The fraction of sp³-hybridized carbons (Fsp3) is 0.474. The third-order valence-electron chi connectivity index (χ3n) is 4.33. The molecule has 2 aromatic rings. The maximum absolute atomic E-state index is 12.4. The number of amides is 1. The Morgan fingerprint density at radius 3 is 2.96 bits per heavy atom. The third kappa shape index (κ3) is 4.76. The number of nitrogens with zero attached hydrogens (tertiary/aromatic N) is 1. The average Bonchev–Trinajstić information content (AvgIpc) is 3.08. The molecular formula is C19H25N3O4. The molecule has 1 aromatic heterocycles. The molecule has 0 unspecified atom stereocenters. The molecule has 0 bridgehead atoms. The summed E-state index contributed by atoms with van der Waals surface area (Å²) in [5.41, 5.74) is 0.876. The molecule has 2 heterocycles. The van der Waals surface area contributed by atoms with Crippen LogP contribution >= 0.6 is 0 Å². The van der Waals surface area contributed by atoms with Gasteiger partial charge < -0.3 is 19.5 Å². The summed E-state index contributed by atoms with van der Waals surface area (Å²) >= 11 is 0. The van der Waals surface area contributed by atoms with Gasteiger partial charge in [-0.2, -0.15) is 5.10 Å². The number of hydrogen-bond donors (Lipinski definition) is 2. The lowest BCUT2D eigenvalue weighted by atomic mass is 9.94. The van der Waals surface area contributed by atoms with Crippen molar-refractivity contribution in [3.63, 3.8) is 0 Å². The van der Waals surface area contributed by atoms with Crippen LogP contribution in [0.2, 0.25) is 0 Å². The number of aromatic amines is 1. The van der Waals surface area contributed by atoms with Gasteiger partial charge in [0.05, 0.1) is 18.4 Å². The van der Waals surface area contributed by atoms with E-state index in [9.17, 15) is 4.79 Å². The van der Waals surface area contributed by atoms with E-state index in [0.29, 0.717) is 18.1 Å². The van der Waals surface area contributed by atoms with Gasteiger partial charge in [-0.25, -0.2) is 0 Å². The first-order valence-electron chi connectivity index (χ1n) is 8.71. The molecule has 7 heteroatoms. The fourth-order valence-corrected chi connectivity index (χ4v) is 3.02. The second kappa shape index (κ2) is 7.78. The van der Waals surface area contributed by atoms with Gasteiger partial charge in [0, 0.05) is 18.7 Å². The number of ether oxygens (including phenoxy) is 3. The quantitative estimate of drug-likeness (QED) is 0.828. The van der Waals surface area contributed by atoms with Crippen molar-refractivity contribution in [3.8, 4) is 11.5 Å². The maximum atomic E-state index is 12.4. The van der Waals surface area contributed by atoms with E-state index in [4.69, 9.17) is 14.2 Å². The van der Waals surface area contributed by atoms with E-state index in [0.717, 1.165) is 24.3 Å². The highest BCUT2D eigenvalue weighted by Gasteiger charge is 2.30. The van der Waals surface area contributed by atoms with Crippen LogP contribution in [0, 0.1) is 0 Å². The summed E-state index contributed by atoms with van der Waals surface area (Å²) in [4.78, 5) is 12.4. The van der Waals surface area contributed by atoms with Crippen LogP contribution in [-0.4, -0.2) is 41.5 Å². The number of carbonyl (C=O) groups excluding carboxylic acids is 1. The Labute approximate surface area is 153 Å². The number of aromatic nitrogens is 2. The van der Waals surface area contributed by atoms with Gasteiger partial charge in [0.2, 0.25) is 0 Å². The van der Waals surface area contributed by atoms with Crippen molar-refractivity contribution in [3.05, 3.63) is 41.7 Å². The Hall–Kier alpha value is -2.54. The van der Waals surface area contributed by atoms with Crippen molar-refractivity contribution < 1.29 is 19.0 Å². The summed E-state index contributed by atoms with van der Waals surface area (Å²) in [6.07, 6.45) is 1.60. The minimum atomic E-state index is -0.211. The normalized spacial score (nSPS) is 19.0. The van der Waals surface area contributed by atoms with Gasteiger partial charge in [0.1, 0.15) is 23.8 Å². The Morgan fingerprint density at radius 2 is 2.19 bits per heavy atom. The van der Waals surface area contributed by atoms with Gasteiger partial charge in [-0.15, -0.1) is 0 Å². The predicted molar refractivity (Wildman–Crippen MR) is 96.4 cm³/mol. The van der Waals surface area contributed by atoms with E-state index in [-0.39, 0.29) is 24.2 Å². The first-order chi connectivity index (χ1) is 12.4. The number of nitrogens with one attached hydrogen (secondary N) is 2. The van der Waals surface area contributed by atoms with Crippen LogP contribution in [0.5, 0.6) is 11.5 Å². The molecule has 1 amide bonds. The number of carbonyl (C=O) groups is 1. The molecular weight excluding hydrogens is 334 g/mol. The molecule has 0 radical (unpaired) electrons. The van der Waals surface area contributed by atoms with Gasteiger partial charge in [-0.1, -0.05) is 6.07 Å². The van der Waals surface area contributed by atoms with E-state index < -0.39 is 0 Å². The van der Waals surface area contributed by atoms with Crippen molar-refractivity contribution >= 4 is 5.91 Å². The number of methoxy groups -OCH3 is 1. The largest absolute Gasteiger partial charge is 0.497 e. The zero-order chi connectivity index (χ0) is 18.6. The van der Waals surface area contributed by atoms with Crippen LogP contribution in [0.15, 0.2) is 30.3 Å². The highest BCUT2D eigenvalue weighted by atomic mass is 16.5. The van der Waals surface area contributed by atoms with Gasteiger partial charge in [0.15, 0.2) is 0 Å². The molecule has 3 rings (SSSR count). The summed E-state index contributed by atoms with van der Waals surface area (Å²) in [5.74, 6) is 1.23. The number of hydrogen-bond acceptors (Lipinski definition) is 5. The lowest BCUT2D eigenvalue weighted by Gasteiger charge is -2.35. The monoisotopic (exact) mass is 359 g/mol. The Bertz CT molecular complexity index is 757. The van der Waals surface area contributed by atoms with Crippen LogP contribution in [0.4, 0.5) is 0 Å². The first kappa shape index (κ1) is 18.3. The number of rotatable bonds is 6. The highest BCUT2D eigenvalue weighted by molar-refractivity contribution is 5.92. The summed E-state index contributed by atoms with van der Waals surface area (Å²) in [6.45, 7) is 5.01. The molecule has 1 aliphatic heterocycles. The Balaban J connectivity index is 1.54. The van der Waals surface area contributed by atoms with Crippen LogP contribution in [0.25, 0.3) is 0 Å². The van der Waals surface area contributed by atoms with E-state index in [2.05, 4.69) is 15.5 Å². The minimum absolute atomic E-state index is 0.0967. The van der Waals surface area contributed by atoms with Gasteiger partial charge >= 0.3 is 0 Å². The predicted octanol–water partition coefficient (Wildman–Crippen LogP) is 2.68. The van der Waals surface area contributed by atoms with Crippen molar-refractivity contribution in [2.45, 2.75) is 44.9 Å². The lowest BCUT2D eigenvalue weighted by molar-refractivity contribution is -0.0615. The summed E-state index contributed by atoms with van der Waals surface area (Å²) in [5, 5.41) is 9.97. The molecule has 1 saturated heterocycles. The van der Waals surface area contributed by atoms with Crippen molar-refractivity contribution in [2.75, 3.05) is 13.7 Å². The Kier molecular flexibility index (Phi) is 5.46. The first-order valence-corrected chi connectivity index (χ1v) is 8.71. The summed E-state index contributed by atoms with van der Waals surface area (Å²) in [6, 6.07) is 9.16.